The number of aromatic nitrogens is 1. The predicted octanol–water partition coefficient (Wildman–Crippen LogP) is 2.61. The Bertz CT molecular complexity index is 1170. The molecule has 0 radical (unpaired) electrons. The van der Waals surface area contributed by atoms with Crippen molar-refractivity contribution in [2.45, 2.75) is 60.5 Å². The molecule has 5 N–H and O–H groups in total. The third-order valence-electron chi connectivity index (χ3n) is 6.78. The Morgan fingerprint density at radius 3 is 2.74 bits per heavy atom. The highest BCUT2D eigenvalue weighted by molar-refractivity contribution is 7.93. The molecule has 2 aromatic heterocycles. The van der Waals surface area contributed by atoms with Crippen LogP contribution in [-0.2, 0) is 34.6 Å². The van der Waals surface area contributed by atoms with Gasteiger partial charge in [0.15, 0.2) is 9.92 Å². The van der Waals surface area contributed by atoms with E-state index in [1.54, 1.807) is 11.4 Å². The summed E-state index contributed by atoms with van der Waals surface area (Å²) in [5, 5.41) is 29.2. The van der Waals surface area contributed by atoms with Crippen LogP contribution in [0.3, 0.4) is 0 Å². The number of amides is 2. The summed E-state index contributed by atoms with van der Waals surface area (Å²) in [6.07, 6.45) is 7.07. The number of rotatable bonds is 5. The van der Waals surface area contributed by atoms with E-state index in [1.807, 2.05) is 0 Å². The Kier molecular flexibility index (Phi) is 5.17. The van der Waals surface area contributed by atoms with Gasteiger partial charge in [0.25, 0.3) is 0 Å². The Balaban J connectivity index is 1.45. The zero-order chi connectivity index (χ0) is 21.8. The number of aryl methyl sites for hydroxylation is 1. The Morgan fingerprint density at radius 2 is 2.03 bits per heavy atom. The third kappa shape index (κ3) is 3.60. The van der Waals surface area contributed by atoms with Gasteiger partial charge in [-0.3, -0.25) is 4.98 Å². The number of nitrogens with zero attached hydrogens (tertiary/aromatic N) is 2. The first-order chi connectivity index (χ1) is 14.9. The number of aliphatic hydroxyl groups excluding tert-OH is 2. The summed E-state index contributed by atoms with van der Waals surface area (Å²) in [5.41, 5.74) is 6.02. The molecule has 166 valence electrons. The molecule has 1 saturated carbocycles. The number of fused-ring (bicyclic) bond motifs is 3. The van der Waals surface area contributed by atoms with E-state index in [4.69, 9.17) is 10.1 Å². The number of hydrogen-bond donors (Lipinski definition) is 4. The van der Waals surface area contributed by atoms with Gasteiger partial charge in [-0.25, -0.2) is 14.1 Å². The summed E-state index contributed by atoms with van der Waals surface area (Å²) in [7, 11) is -3.44. The van der Waals surface area contributed by atoms with Crippen LogP contribution in [-0.4, -0.2) is 38.7 Å². The summed E-state index contributed by atoms with van der Waals surface area (Å²) < 4.78 is 17.1. The predicted molar refractivity (Wildman–Crippen MR) is 119 cm³/mol. The molecule has 1 spiro atoms. The minimum absolute atomic E-state index is 0.203. The fourth-order valence-corrected chi connectivity index (χ4v) is 7.05. The van der Waals surface area contributed by atoms with Gasteiger partial charge >= 0.3 is 6.03 Å². The van der Waals surface area contributed by atoms with Crippen molar-refractivity contribution in [3.05, 3.63) is 39.5 Å². The van der Waals surface area contributed by atoms with Gasteiger partial charge in [-0.05, 0) is 73.1 Å². The largest absolute Gasteiger partial charge is 0.396 e. The lowest BCUT2D eigenvalue weighted by Gasteiger charge is -2.16. The first-order valence-corrected chi connectivity index (χ1v) is 13.0. The minimum atomic E-state index is -3.44. The number of urea groups is 1. The number of anilines is 1. The van der Waals surface area contributed by atoms with Crippen molar-refractivity contribution in [3.63, 3.8) is 0 Å². The standard InChI is InChI=1S/C21H26N4O4S2/c22-31(29,17-8-12(11-30-17)13(9-26)10-27)25-20(28)24-18-14-2-1-3-16(14)23-19-15(18)4-5-21(19)6-7-21/h8,11,13,26-27H,1-7,9-10H2,(H3,22,23,24,25,28,29). The van der Waals surface area contributed by atoms with E-state index in [-0.39, 0.29) is 22.8 Å². The fraction of sp³-hybridized carbons (Fsp3) is 0.524. The van der Waals surface area contributed by atoms with Gasteiger partial charge in [-0.2, -0.15) is 0 Å². The van der Waals surface area contributed by atoms with Gasteiger partial charge in [-0.15, -0.1) is 15.7 Å². The summed E-state index contributed by atoms with van der Waals surface area (Å²) in [5.74, 6) is -0.481. The lowest BCUT2D eigenvalue weighted by atomic mass is 10.0. The van der Waals surface area contributed by atoms with E-state index in [2.05, 4.69) is 9.68 Å². The van der Waals surface area contributed by atoms with Gasteiger partial charge in [0.2, 0.25) is 0 Å². The molecule has 8 nitrogen and oxygen atoms in total. The Morgan fingerprint density at radius 1 is 1.26 bits per heavy atom. The van der Waals surface area contributed by atoms with Crippen LogP contribution in [0.1, 0.15) is 59.7 Å². The number of carbonyl (C=O) groups is 1. The van der Waals surface area contributed by atoms with Crippen LogP contribution < -0.4 is 10.5 Å². The monoisotopic (exact) mass is 462 g/mol. The average molecular weight is 463 g/mol. The molecule has 1 atom stereocenters. The number of thiophene rings is 1. The minimum Gasteiger partial charge on any atom is -0.396 e. The second kappa shape index (κ2) is 7.63. The van der Waals surface area contributed by atoms with Crippen LogP contribution in [0.25, 0.3) is 0 Å². The van der Waals surface area contributed by atoms with Crippen LogP contribution in [0.5, 0.6) is 0 Å². The first kappa shape index (κ1) is 21.0. The van der Waals surface area contributed by atoms with Gasteiger partial charge in [-0.1, -0.05) is 0 Å². The van der Waals surface area contributed by atoms with E-state index in [0.29, 0.717) is 5.56 Å². The molecular weight excluding hydrogens is 436 g/mol. The quantitative estimate of drug-likeness (QED) is 0.541. The SMILES string of the molecule is NS(=O)(=NC(=O)Nc1c2c(nc3c1CCC31CC1)CCC2)c1cc(C(CO)CO)cs1. The van der Waals surface area contributed by atoms with Crippen LogP contribution in [0, 0.1) is 0 Å². The highest BCUT2D eigenvalue weighted by atomic mass is 32.2. The zero-order valence-corrected chi connectivity index (χ0v) is 18.7. The second-order valence-electron chi connectivity index (χ2n) is 8.72. The van der Waals surface area contributed by atoms with Crippen molar-refractivity contribution >= 4 is 33.0 Å². The van der Waals surface area contributed by atoms with Crippen molar-refractivity contribution in [3.8, 4) is 0 Å². The zero-order valence-electron chi connectivity index (χ0n) is 17.1. The second-order valence-corrected chi connectivity index (χ2v) is 11.7. The van der Waals surface area contributed by atoms with Crippen molar-refractivity contribution < 1.29 is 19.2 Å². The number of aliphatic hydroxyl groups is 2. The van der Waals surface area contributed by atoms with Crippen LogP contribution in [0.2, 0.25) is 0 Å². The van der Waals surface area contributed by atoms with Gasteiger partial charge < -0.3 is 15.5 Å². The lowest BCUT2D eigenvalue weighted by molar-refractivity contribution is 0.192. The van der Waals surface area contributed by atoms with Crippen molar-refractivity contribution in [2.75, 3.05) is 18.5 Å². The summed E-state index contributed by atoms with van der Waals surface area (Å²) >= 11 is 1.11. The van der Waals surface area contributed by atoms with Gasteiger partial charge in [0.05, 0.1) is 24.6 Å². The highest BCUT2D eigenvalue weighted by Gasteiger charge is 2.51. The van der Waals surface area contributed by atoms with Crippen molar-refractivity contribution in [2.24, 2.45) is 9.50 Å². The summed E-state index contributed by atoms with van der Waals surface area (Å²) in [6, 6.07) is 0.821. The van der Waals surface area contributed by atoms with E-state index < -0.39 is 21.9 Å². The maximum absolute atomic E-state index is 13.0. The molecule has 0 bridgehead atoms. The molecule has 2 aromatic rings. The number of pyridine rings is 1. The summed E-state index contributed by atoms with van der Waals surface area (Å²) in [4.78, 5) is 17.8. The normalized spacial score (nSPS) is 19.9. The van der Waals surface area contributed by atoms with E-state index in [0.717, 1.165) is 84.5 Å². The molecular formula is C21H26N4O4S2. The van der Waals surface area contributed by atoms with Crippen LogP contribution in [0.4, 0.5) is 10.5 Å². The maximum Gasteiger partial charge on any atom is 0.354 e. The first-order valence-electron chi connectivity index (χ1n) is 10.6. The number of hydrogen-bond acceptors (Lipinski definition) is 6. The number of nitrogens with two attached hydrogens (primary N) is 1. The highest BCUT2D eigenvalue weighted by Crippen LogP contribution is 2.58. The van der Waals surface area contributed by atoms with Crippen LogP contribution in [0.15, 0.2) is 20.0 Å². The van der Waals surface area contributed by atoms with E-state index in [9.17, 15) is 19.2 Å². The molecule has 0 aliphatic heterocycles. The molecule has 0 saturated heterocycles. The van der Waals surface area contributed by atoms with Crippen LogP contribution >= 0.6 is 11.3 Å². The number of nitrogens with one attached hydrogen (secondary N) is 1. The molecule has 0 aromatic carbocycles. The molecule has 1 fully saturated rings. The number of carbonyl (C=O) groups excluding carboxylic acids is 1. The molecule has 10 heteroatoms. The maximum atomic E-state index is 13.0. The summed E-state index contributed by atoms with van der Waals surface area (Å²) in [6.45, 7) is -0.481. The molecule has 1 unspecified atom stereocenters. The van der Waals surface area contributed by atoms with Crippen molar-refractivity contribution in [1.82, 2.24) is 4.98 Å². The Labute approximate surface area is 185 Å². The van der Waals surface area contributed by atoms with Gasteiger partial charge in [0.1, 0.15) is 4.21 Å². The van der Waals surface area contributed by atoms with E-state index >= 15 is 0 Å². The Hall–Kier alpha value is -1.85. The molecule has 2 amide bonds. The van der Waals surface area contributed by atoms with Crippen molar-refractivity contribution in [1.29, 1.82) is 0 Å². The molecule has 2 heterocycles. The lowest BCUT2D eigenvalue weighted by Crippen LogP contribution is -2.19. The molecule has 5 rings (SSSR count). The van der Waals surface area contributed by atoms with E-state index in [1.165, 1.54) is 0 Å². The third-order valence-corrected chi connectivity index (χ3v) is 9.66. The molecule has 3 aliphatic carbocycles. The molecule has 31 heavy (non-hydrogen) atoms. The van der Waals surface area contributed by atoms with Gasteiger partial charge in [0, 0.05) is 17.0 Å². The topological polar surface area (TPSA) is 138 Å². The average Bonchev–Trinajstić information content (AvgIpc) is 3.09. The molecule has 3 aliphatic rings. The smallest absolute Gasteiger partial charge is 0.354 e. The fourth-order valence-electron chi connectivity index (χ4n) is 4.84.